The Labute approximate surface area is 126 Å². The molecule has 1 aromatic rings. The number of rotatable bonds is 3. The number of carbonyl (C=O) groups excluding carboxylic acids is 1. The number of nitrogens with two attached hydrogens (primary N) is 1. The summed E-state index contributed by atoms with van der Waals surface area (Å²) in [5.74, 6) is 0.0363. The molecule has 1 aromatic heterocycles. The highest BCUT2D eigenvalue weighted by Crippen LogP contribution is 2.17. The smallest absolute Gasteiger partial charge is 0.244 e. The summed E-state index contributed by atoms with van der Waals surface area (Å²) in [6.45, 7) is 1.86. The predicted molar refractivity (Wildman–Crippen MR) is 79.8 cm³/mol. The Morgan fingerprint density at radius 2 is 2.00 bits per heavy atom. The molecule has 1 unspecified atom stereocenters. The van der Waals surface area contributed by atoms with Gasteiger partial charge in [0.15, 0.2) is 0 Å². The molecule has 0 spiro atoms. The number of aromatic nitrogens is 2. The van der Waals surface area contributed by atoms with Crippen molar-refractivity contribution in [2.45, 2.75) is 50.7 Å². The zero-order valence-corrected chi connectivity index (χ0v) is 12.6. The van der Waals surface area contributed by atoms with E-state index in [-0.39, 0.29) is 42.8 Å². The zero-order valence-electron chi connectivity index (χ0n) is 11.0. The molecule has 5 nitrogen and oxygen atoms in total. The molecule has 0 saturated heterocycles. The van der Waals surface area contributed by atoms with Crippen LogP contribution in [0.5, 0.6) is 0 Å². The minimum Gasteiger partial charge on any atom is -0.352 e. The largest absolute Gasteiger partial charge is 0.352 e. The molecule has 1 aliphatic carbocycles. The monoisotopic (exact) mass is 308 g/mol. The molecule has 0 aromatic carbocycles. The first-order valence-electron chi connectivity index (χ1n) is 6.22. The average molecular weight is 309 g/mol. The molecule has 3 N–H and O–H groups in total. The van der Waals surface area contributed by atoms with E-state index in [4.69, 9.17) is 5.73 Å². The summed E-state index contributed by atoms with van der Waals surface area (Å²) in [4.78, 5) is 12.0. The lowest BCUT2D eigenvalue weighted by atomic mass is 9.92. The molecule has 1 saturated carbocycles. The predicted octanol–water partition coefficient (Wildman–Crippen LogP) is 1.67. The molecule has 1 fully saturated rings. The topological polar surface area (TPSA) is 72.9 Å². The third-order valence-corrected chi connectivity index (χ3v) is 3.42. The minimum atomic E-state index is -0.249. The van der Waals surface area contributed by atoms with Crippen LogP contribution in [0, 0.1) is 0 Å². The maximum Gasteiger partial charge on any atom is 0.244 e. The van der Waals surface area contributed by atoms with E-state index in [0.717, 1.165) is 25.7 Å². The fourth-order valence-corrected chi connectivity index (χ4v) is 2.22. The van der Waals surface area contributed by atoms with Gasteiger partial charge in [0.2, 0.25) is 5.91 Å². The molecular formula is C12H22Cl2N4O. The first-order chi connectivity index (χ1) is 8.16. The van der Waals surface area contributed by atoms with E-state index in [2.05, 4.69) is 10.4 Å². The molecule has 110 valence electrons. The van der Waals surface area contributed by atoms with Gasteiger partial charge in [-0.2, -0.15) is 5.10 Å². The van der Waals surface area contributed by atoms with Crippen LogP contribution in [-0.2, 0) is 4.79 Å². The highest BCUT2D eigenvalue weighted by Gasteiger charge is 2.22. The Hall–Kier alpha value is -0.780. The number of hydrogen-bond donors (Lipinski definition) is 2. The third kappa shape index (κ3) is 5.01. The number of amides is 1. The average Bonchev–Trinajstić information content (AvgIpc) is 2.84. The second kappa shape index (κ2) is 8.40. The van der Waals surface area contributed by atoms with Crippen LogP contribution in [0.3, 0.4) is 0 Å². The van der Waals surface area contributed by atoms with Gasteiger partial charge < -0.3 is 11.1 Å². The first-order valence-corrected chi connectivity index (χ1v) is 6.22. The fraction of sp³-hybridized carbons (Fsp3) is 0.667. The Balaban J connectivity index is 0.00000162. The molecule has 19 heavy (non-hydrogen) atoms. The Bertz CT molecular complexity index is 364. The maximum absolute atomic E-state index is 12.0. The van der Waals surface area contributed by atoms with Gasteiger partial charge in [-0.15, -0.1) is 24.8 Å². The summed E-state index contributed by atoms with van der Waals surface area (Å²) in [5.41, 5.74) is 5.84. The summed E-state index contributed by atoms with van der Waals surface area (Å²) in [6, 6.07) is 2.16. The van der Waals surface area contributed by atoms with Crippen molar-refractivity contribution in [1.29, 1.82) is 0 Å². The Morgan fingerprint density at radius 3 is 2.53 bits per heavy atom. The van der Waals surface area contributed by atoms with Crippen LogP contribution < -0.4 is 11.1 Å². The van der Waals surface area contributed by atoms with Crippen LogP contribution in [0.15, 0.2) is 18.5 Å². The number of hydrogen-bond acceptors (Lipinski definition) is 3. The molecule has 2 rings (SSSR count). The van der Waals surface area contributed by atoms with Gasteiger partial charge >= 0.3 is 0 Å². The van der Waals surface area contributed by atoms with Crippen molar-refractivity contribution >= 4 is 30.7 Å². The van der Waals surface area contributed by atoms with Crippen molar-refractivity contribution in [1.82, 2.24) is 15.1 Å². The van der Waals surface area contributed by atoms with Crippen LogP contribution in [0.4, 0.5) is 0 Å². The summed E-state index contributed by atoms with van der Waals surface area (Å²) in [5, 5.41) is 7.15. The lowest BCUT2D eigenvalue weighted by Gasteiger charge is -2.27. The van der Waals surface area contributed by atoms with Crippen LogP contribution in [0.1, 0.15) is 38.6 Å². The van der Waals surface area contributed by atoms with Crippen LogP contribution >= 0.6 is 24.8 Å². The second-order valence-corrected chi connectivity index (χ2v) is 4.78. The van der Waals surface area contributed by atoms with Gasteiger partial charge in [-0.05, 0) is 38.7 Å². The molecule has 1 aliphatic rings. The zero-order chi connectivity index (χ0) is 12.3. The number of carbonyl (C=O) groups is 1. The first kappa shape index (κ1) is 18.2. The molecular weight excluding hydrogens is 287 g/mol. The molecule has 1 amide bonds. The van der Waals surface area contributed by atoms with Crippen LogP contribution in [0.2, 0.25) is 0 Å². The van der Waals surface area contributed by atoms with Gasteiger partial charge in [0.25, 0.3) is 0 Å². The Kier molecular flexibility index (Phi) is 8.06. The molecule has 1 atom stereocenters. The van der Waals surface area contributed by atoms with E-state index in [1.165, 1.54) is 0 Å². The van der Waals surface area contributed by atoms with Crippen molar-refractivity contribution in [3.63, 3.8) is 0 Å². The second-order valence-electron chi connectivity index (χ2n) is 4.78. The van der Waals surface area contributed by atoms with E-state index in [1.807, 2.05) is 13.0 Å². The van der Waals surface area contributed by atoms with Crippen molar-refractivity contribution < 1.29 is 4.79 Å². The van der Waals surface area contributed by atoms with E-state index in [0.29, 0.717) is 6.04 Å². The highest BCUT2D eigenvalue weighted by atomic mass is 35.5. The van der Waals surface area contributed by atoms with Gasteiger partial charge in [0.1, 0.15) is 6.04 Å². The van der Waals surface area contributed by atoms with Crippen LogP contribution in [0.25, 0.3) is 0 Å². The molecule has 0 bridgehead atoms. The van der Waals surface area contributed by atoms with Gasteiger partial charge in [-0.3, -0.25) is 9.48 Å². The quantitative estimate of drug-likeness (QED) is 0.892. The standard InChI is InChI=1S/C12H20N4O.2ClH/c1-9(16-8-2-7-14-16)12(17)15-11-5-3-10(13)4-6-11;;/h2,7-11H,3-6,13H2,1H3,(H,15,17);2*1H. The molecule has 0 aliphatic heterocycles. The third-order valence-electron chi connectivity index (χ3n) is 3.42. The van der Waals surface area contributed by atoms with Crippen LogP contribution in [-0.4, -0.2) is 27.8 Å². The number of nitrogens with one attached hydrogen (secondary N) is 1. The number of nitrogens with zero attached hydrogens (tertiary/aromatic N) is 2. The van der Waals surface area contributed by atoms with Gasteiger partial charge in [0.05, 0.1) is 0 Å². The summed E-state index contributed by atoms with van der Waals surface area (Å²) in [7, 11) is 0. The lowest BCUT2D eigenvalue weighted by Crippen LogP contribution is -2.43. The minimum absolute atomic E-state index is 0. The molecule has 1 heterocycles. The van der Waals surface area contributed by atoms with Gasteiger partial charge in [-0.1, -0.05) is 0 Å². The fourth-order valence-electron chi connectivity index (χ4n) is 2.22. The van der Waals surface area contributed by atoms with Gasteiger partial charge in [0, 0.05) is 24.5 Å². The summed E-state index contributed by atoms with van der Waals surface area (Å²) in [6.07, 6.45) is 7.46. The van der Waals surface area contributed by atoms with Crippen molar-refractivity contribution in [3.8, 4) is 0 Å². The summed E-state index contributed by atoms with van der Waals surface area (Å²) < 4.78 is 1.67. The van der Waals surface area contributed by atoms with E-state index >= 15 is 0 Å². The highest BCUT2D eigenvalue weighted by molar-refractivity contribution is 5.85. The lowest BCUT2D eigenvalue weighted by molar-refractivity contribution is -0.125. The number of halogens is 2. The van der Waals surface area contributed by atoms with Crippen molar-refractivity contribution in [2.24, 2.45) is 5.73 Å². The maximum atomic E-state index is 12.0. The van der Waals surface area contributed by atoms with Crippen molar-refractivity contribution in [3.05, 3.63) is 18.5 Å². The van der Waals surface area contributed by atoms with E-state index in [9.17, 15) is 4.79 Å². The SMILES string of the molecule is CC(C(=O)NC1CCC(N)CC1)n1cccn1.Cl.Cl. The Morgan fingerprint density at radius 1 is 1.37 bits per heavy atom. The van der Waals surface area contributed by atoms with E-state index in [1.54, 1.807) is 17.1 Å². The van der Waals surface area contributed by atoms with Gasteiger partial charge in [-0.25, -0.2) is 0 Å². The molecule has 0 radical (unpaired) electrons. The van der Waals surface area contributed by atoms with Crippen molar-refractivity contribution in [2.75, 3.05) is 0 Å². The molecule has 7 heteroatoms. The normalized spacial score (nSPS) is 23.7. The summed E-state index contributed by atoms with van der Waals surface area (Å²) >= 11 is 0. The van der Waals surface area contributed by atoms with E-state index < -0.39 is 0 Å².